The third-order valence-corrected chi connectivity index (χ3v) is 3.08. The summed E-state index contributed by atoms with van der Waals surface area (Å²) in [7, 11) is 0. The number of rotatable bonds is 4. The second-order valence-corrected chi connectivity index (χ2v) is 4.83. The summed E-state index contributed by atoms with van der Waals surface area (Å²) in [5.41, 5.74) is 0.922. The summed E-state index contributed by atoms with van der Waals surface area (Å²) in [6, 6.07) is 28.8. The van der Waals surface area contributed by atoms with E-state index >= 15 is 0 Å². The van der Waals surface area contributed by atoms with Gasteiger partial charge in [-0.3, -0.25) is 0 Å². The summed E-state index contributed by atoms with van der Waals surface area (Å²) < 4.78 is 11.7. The molecule has 0 spiro atoms. The number of benzene rings is 3. The lowest BCUT2D eigenvalue weighted by Crippen LogP contribution is -2.22. The lowest BCUT2D eigenvalue weighted by molar-refractivity contribution is 0.0556. The van der Waals surface area contributed by atoms with Crippen LogP contribution in [0, 0.1) is 11.8 Å². The van der Waals surface area contributed by atoms with Gasteiger partial charge in [0.25, 0.3) is 0 Å². The van der Waals surface area contributed by atoms with Crippen molar-refractivity contribution in [2.45, 2.75) is 6.29 Å². The van der Waals surface area contributed by atoms with Gasteiger partial charge in [-0.1, -0.05) is 60.5 Å². The van der Waals surface area contributed by atoms with Crippen LogP contribution in [-0.4, -0.2) is 6.29 Å². The first-order valence-electron chi connectivity index (χ1n) is 7.40. The molecule has 0 unspecified atom stereocenters. The van der Waals surface area contributed by atoms with Crippen LogP contribution in [0.25, 0.3) is 0 Å². The van der Waals surface area contributed by atoms with Crippen LogP contribution in [0.5, 0.6) is 11.5 Å². The summed E-state index contributed by atoms with van der Waals surface area (Å²) in [6.07, 6.45) is -0.681. The topological polar surface area (TPSA) is 18.5 Å². The van der Waals surface area contributed by atoms with E-state index in [1.165, 1.54) is 0 Å². The minimum absolute atomic E-state index is 0.681. The van der Waals surface area contributed by atoms with Crippen molar-refractivity contribution in [2.24, 2.45) is 0 Å². The van der Waals surface area contributed by atoms with Gasteiger partial charge in [0.05, 0.1) is 0 Å². The molecule has 3 aromatic carbocycles. The van der Waals surface area contributed by atoms with Gasteiger partial charge in [0.15, 0.2) is 0 Å². The second kappa shape index (κ2) is 7.72. The van der Waals surface area contributed by atoms with Crippen molar-refractivity contribution in [1.82, 2.24) is 0 Å². The first-order valence-corrected chi connectivity index (χ1v) is 7.40. The van der Waals surface area contributed by atoms with E-state index in [4.69, 9.17) is 9.47 Å². The highest BCUT2D eigenvalue weighted by atomic mass is 16.7. The summed E-state index contributed by atoms with van der Waals surface area (Å²) in [6.45, 7) is 0. The minimum Gasteiger partial charge on any atom is -0.444 e. The van der Waals surface area contributed by atoms with Crippen LogP contribution in [0.1, 0.15) is 5.56 Å². The van der Waals surface area contributed by atoms with Gasteiger partial charge in [-0.2, -0.15) is 0 Å². The van der Waals surface area contributed by atoms with Crippen molar-refractivity contribution >= 4 is 0 Å². The normalized spacial score (nSPS) is 9.78. The molecule has 0 heterocycles. The molecular formula is C21H16O2. The minimum atomic E-state index is -0.681. The Hall–Kier alpha value is -3.18. The molecule has 0 bridgehead atoms. The van der Waals surface area contributed by atoms with Crippen molar-refractivity contribution in [3.63, 3.8) is 0 Å². The van der Waals surface area contributed by atoms with Gasteiger partial charge < -0.3 is 9.47 Å². The molecule has 0 N–H and O–H groups in total. The molecule has 0 saturated heterocycles. The summed E-state index contributed by atoms with van der Waals surface area (Å²) in [5, 5.41) is 0. The van der Waals surface area contributed by atoms with Gasteiger partial charge >= 0.3 is 6.29 Å². The van der Waals surface area contributed by atoms with E-state index in [1.54, 1.807) is 0 Å². The second-order valence-electron chi connectivity index (χ2n) is 4.83. The molecular weight excluding hydrogens is 284 g/mol. The Balaban J connectivity index is 1.80. The number of hydrogen-bond donors (Lipinski definition) is 0. The standard InChI is InChI=1S/C21H16O2/c1-4-10-18(11-5-1)16-17-21(22-19-12-6-2-7-13-19)23-20-14-8-3-9-15-20/h1-15,21H. The zero-order chi connectivity index (χ0) is 15.7. The molecule has 112 valence electrons. The molecule has 2 heteroatoms. The highest BCUT2D eigenvalue weighted by Gasteiger charge is 2.08. The van der Waals surface area contributed by atoms with Crippen molar-refractivity contribution in [3.8, 4) is 23.3 Å². The van der Waals surface area contributed by atoms with Crippen molar-refractivity contribution in [1.29, 1.82) is 0 Å². The van der Waals surface area contributed by atoms with Crippen LogP contribution < -0.4 is 9.47 Å². The molecule has 0 fully saturated rings. The predicted molar refractivity (Wildman–Crippen MR) is 91.2 cm³/mol. The molecule has 0 aliphatic carbocycles. The maximum absolute atomic E-state index is 5.84. The Kier molecular flexibility index (Phi) is 4.95. The third-order valence-electron chi connectivity index (χ3n) is 3.08. The van der Waals surface area contributed by atoms with Crippen molar-refractivity contribution in [3.05, 3.63) is 96.6 Å². The summed E-state index contributed by atoms with van der Waals surface area (Å²) in [5.74, 6) is 7.56. The Bertz CT molecular complexity index is 730. The first kappa shape index (κ1) is 14.7. The lowest BCUT2D eigenvalue weighted by Gasteiger charge is -2.15. The van der Waals surface area contributed by atoms with E-state index in [9.17, 15) is 0 Å². The SMILES string of the molecule is C(#CC(Oc1ccccc1)Oc1ccccc1)c1ccccc1. The van der Waals surface area contributed by atoms with Gasteiger partial charge in [-0.25, -0.2) is 0 Å². The fourth-order valence-electron chi connectivity index (χ4n) is 1.99. The van der Waals surface area contributed by atoms with Crippen LogP contribution in [0.2, 0.25) is 0 Å². The summed E-state index contributed by atoms with van der Waals surface area (Å²) >= 11 is 0. The third kappa shape index (κ3) is 4.66. The fraction of sp³-hybridized carbons (Fsp3) is 0.0476. The van der Waals surface area contributed by atoms with E-state index in [-0.39, 0.29) is 0 Å². The molecule has 23 heavy (non-hydrogen) atoms. The van der Waals surface area contributed by atoms with E-state index in [0.29, 0.717) is 0 Å². The van der Waals surface area contributed by atoms with Crippen LogP contribution in [-0.2, 0) is 0 Å². The van der Waals surface area contributed by atoms with E-state index in [1.807, 2.05) is 91.0 Å². The number of hydrogen-bond acceptors (Lipinski definition) is 2. The quantitative estimate of drug-likeness (QED) is 0.521. The Morgan fingerprint density at radius 1 is 0.565 bits per heavy atom. The molecule has 2 nitrogen and oxygen atoms in total. The molecule has 3 aromatic rings. The van der Waals surface area contributed by atoms with Crippen LogP contribution in [0.15, 0.2) is 91.0 Å². The molecule has 0 atom stereocenters. The van der Waals surface area contributed by atoms with Crippen LogP contribution >= 0.6 is 0 Å². The number of para-hydroxylation sites is 2. The molecule has 0 saturated carbocycles. The predicted octanol–water partition coefficient (Wildman–Crippen LogP) is 4.52. The zero-order valence-corrected chi connectivity index (χ0v) is 12.6. The highest BCUT2D eigenvalue weighted by Crippen LogP contribution is 2.15. The highest BCUT2D eigenvalue weighted by molar-refractivity contribution is 5.35. The van der Waals surface area contributed by atoms with Gasteiger partial charge in [-0.05, 0) is 42.3 Å². The molecule has 3 rings (SSSR count). The van der Waals surface area contributed by atoms with Crippen LogP contribution in [0.3, 0.4) is 0 Å². The molecule has 0 aliphatic heterocycles. The maximum atomic E-state index is 5.84. The number of ether oxygens (including phenoxy) is 2. The largest absolute Gasteiger partial charge is 0.444 e. The van der Waals surface area contributed by atoms with Crippen LogP contribution in [0.4, 0.5) is 0 Å². The average Bonchev–Trinajstić information content (AvgIpc) is 2.62. The zero-order valence-electron chi connectivity index (χ0n) is 12.6. The average molecular weight is 300 g/mol. The van der Waals surface area contributed by atoms with E-state index in [2.05, 4.69) is 11.8 Å². The van der Waals surface area contributed by atoms with Crippen molar-refractivity contribution < 1.29 is 9.47 Å². The smallest absolute Gasteiger partial charge is 0.306 e. The Morgan fingerprint density at radius 3 is 1.48 bits per heavy atom. The summed E-state index contributed by atoms with van der Waals surface area (Å²) in [4.78, 5) is 0. The van der Waals surface area contributed by atoms with E-state index < -0.39 is 6.29 Å². The van der Waals surface area contributed by atoms with Gasteiger partial charge in [0.2, 0.25) is 0 Å². The van der Waals surface area contributed by atoms with Crippen molar-refractivity contribution in [2.75, 3.05) is 0 Å². The Morgan fingerprint density at radius 2 is 1.00 bits per heavy atom. The van der Waals surface area contributed by atoms with E-state index in [0.717, 1.165) is 17.1 Å². The monoisotopic (exact) mass is 300 g/mol. The molecule has 0 amide bonds. The molecule has 0 aliphatic rings. The first-order chi connectivity index (χ1) is 11.4. The fourth-order valence-corrected chi connectivity index (χ4v) is 1.99. The Labute approximate surface area is 136 Å². The molecule has 0 aromatic heterocycles. The van der Waals surface area contributed by atoms with Gasteiger partial charge in [0.1, 0.15) is 11.5 Å². The lowest BCUT2D eigenvalue weighted by atomic mass is 10.2. The molecule has 0 radical (unpaired) electrons. The van der Waals surface area contributed by atoms with Gasteiger partial charge in [-0.15, -0.1) is 0 Å². The maximum Gasteiger partial charge on any atom is 0.306 e. The van der Waals surface area contributed by atoms with Gasteiger partial charge in [0, 0.05) is 5.56 Å².